The van der Waals surface area contributed by atoms with E-state index in [0.29, 0.717) is 42.8 Å². The number of carbonyl (C=O) groups excluding carboxylic acids is 2. The summed E-state index contributed by atoms with van der Waals surface area (Å²) in [6.07, 6.45) is 5.79. The average Bonchev–Trinajstić information content (AvgIpc) is 2.84. The van der Waals surface area contributed by atoms with Gasteiger partial charge >= 0.3 is 5.97 Å². The second-order valence-electron chi connectivity index (χ2n) is 9.66. The van der Waals surface area contributed by atoms with Crippen molar-refractivity contribution in [2.24, 2.45) is 34.5 Å². The van der Waals surface area contributed by atoms with Crippen LogP contribution < -0.4 is 0 Å². The van der Waals surface area contributed by atoms with Crippen LogP contribution in [0.15, 0.2) is 0 Å². The summed E-state index contributed by atoms with van der Waals surface area (Å²) in [6, 6.07) is 0. The molecule has 4 aliphatic carbocycles. The van der Waals surface area contributed by atoms with E-state index in [1.54, 1.807) is 0 Å². The molecule has 0 aromatic carbocycles. The van der Waals surface area contributed by atoms with Crippen molar-refractivity contribution in [1.29, 1.82) is 0 Å². The minimum atomic E-state index is -0.831. The Balaban J connectivity index is 1.59. The van der Waals surface area contributed by atoms with E-state index in [9.17, 15) is 9.59 Å². The van der Waals surface area contributed by atoms with Crippen molar-refractivity contribution in [3.63, 3.8) is 0 Å². The highest BCUT2D eigenvalue weighted by molar-refractivity contribution is 5.87. The molecule has 4 heteroatoms. The molecule has 0 bridgehead atoms. The van der Waals surface area contributed by atoms with Gasteiger partial charge in [-0.2, -0.15) is 0 Å². The first kappa shape index (κ1) is 17.5. The Morgan fingerprint density at radius 1 is 1.08 bits per heavy atom. The highest BCUT2D eigenvalue weighted by atomic mass is 19.1. The molecule has 0 heterocycles. The molecule has 8 atom stereocenters. The van der Waals surface area contributed by atoms with Crippen molar-refractivity contribution in [2.45, 2.75) is 84.4 Å². The summed E-state index contributed by atoms with van der Waals surface area (Å²) in [5.41, 5.74) is -0.203. The molecule has 0 aliphatic heterocycles. The van der Waals surface area contributed by atoms with E-state index in [2.05, 4.69) is 13.8 Å². The lowest BCUT2D eigenvalue weighted by molar-refractivity contribution is -0.170. The van der Waals surface area contributed by atoms with Crippen molar-refractivity contribution in [1.82, 2.24) is 0 Å². The largest absolute Gasteiger partial charge is 0.463 e. The quantitative estimate of drug-likeness (QED) is 0.655. The van der Waals surface area contributed by atoms with Gasteiger partial charge in [0.05, 0.1) is 0 Å². The maximum atomic E-state index is 15.3. The van der Waals surface area contributed by atoms with E-state index in [4.69, 9.17) is 4.74 Å². The Morgan fingerprint density at radius 3 is 2.56 bits per heavy atom. The van der Waals surface area contributed by atoms with Crippen LogP contribution in [0.1, 0.15) is 72.1 Å². The summed E-state index contributed by atoms with van der Waals surface area (Å²) in [4.78, 5) is 23.8. The molecule has 3 nitrogen and oxygen atoms in total. The van der Waals surface area contributed by atoms with Crippen LogP contribution in [0, 0.1) is 34.5 Å². The van der Waals surface area contributed by atoms with Crippen molar-refractivity contribution >= 4 is 11.8 Å². The number of rotatable bonds is 1. The van der Waals surface area contributed by atoms with E-state index >= 15 is 4.39 Å². The fourth-order valence-electron chi connectivity index (χ4n) is 7.32. The molecule has 0 spiro atoms. The third-order valence-electron chi connectivity index (χ3n) is 8.63. The smallest absolute Gasteiger partial charge is 0.302 e. The summed E-state index contributed by atoms with van der Waals surface area (Å²) in [5, 5.41) is 0. The Hall–Kier alpha value is -0.930. The average molecular weight is 350 g/mol. The van der Waals surface area contributed by atoms with Gasteiger partial charge in [-0.05, 0) is 74.0 Å². The minimum Gasteiger partial charge on any atom is -0.463 e. The first-order valence-electron chi connectivity index (χ1n) is 10.1. The summed E-state index contributed by atoms with van der Waals surface area (Å²) in [5.74, 6) is 1.40. The zero-order valence-electron chi connectivity index (χ0n) is 15.7. The first-order valence-corrected chi connectivity index (χ1v) is 10.1. The van der Waals surface area contributed by atoms with Gasteiger partial charge in [-0.25, -0.2) is 4.39 Å². The molecule has 4 fully saturated rings. The van der Waals surface area contributed by atoms with E-state index in [0.717, 1.165) is 32.1 Å². The minimum absolute atomic E-state index is 0.00619. The van der Waals surface area contributed by atoms with Gasteiger partial charge in [0.15, 0.2) is 0 Å². The van der Waals surface area contributed by atoms with Crippen LogP contribution in [0.5, 0.6) is 0 Å². The number of carbonyl (C=O) groups is 2. The number of Topliss-reactive ketones (excluding diaryl/α,β-unsaturated/α-hetero) is 1. The van der Waals surface area contributed by atoms with Crippen LogP contribution in [0.4, 0.5) is 4.39 Å². The van der Waals surface area contributed by atoms with E-state index in [1.807, 2.05) is 0 Å². The second-order valence-corrected chi connectivity index (χ2v) is 9.66. The monoisotopic (exact) mass is 350 g/mol. The van der Waals surface area contributed by atoms with Crippen LogP contribution in [0.25, 0.3) is 0 Å². The summed E-state index contributed by atoms with van der Waals surface area (Å²) < 4.78 is 20.7. The summed E-state index contributed by atoms with van der Waals surface area (Å²) in [7, 11) is 0. The molecule has 25 heavy (non-hydrogen) atoms. The SMILES string of the molecule is CC(=O)O[C@H]1CC[C@@]2(C)[C@H](C1)[C@@H](F)C[C@@H]1[C@@H]2CC[C@]2(C)C(=O)CC[C@@H]12. The molecule has 0 amide bonds. The fraction of sp³-hybridized carbons (Fsp3) is 0.905. The number of esters is 1. The standard InChI is InChI=1S/C21H31FO3/c1-12(23)25-13-6-8-20(2)16-7-9-21(3)15(4-5-19(21)24)14(16)11-18(22)17(20)10-13/h13-18H,4-11H2,1-3H3/t13-,14-,15-,16-,17+,18-,20+,21-/m0/s1. The molecule has 0 aromatic rings. The van der Waals surface area contributed by atoms with Crippen molar-refractivity contribution in [2.75, 3.05) is 0 Å². The number of ketones is 1. The van der Waals surface area contributed by atoms with Gasteiger partial charge in [0, 0.05) is 18.8 Å². The molecular weight excluding hydrogens is 319 g/mol. The van der Waals surface area contributed by atoms with Gasteiger partial charge in [0.25, 0.3) is 0 Å². The highest BCUT2D eigenvalue weighted by Gasteiger charge is 2.62. The predicted molar refractivity (Wildman–Crippen MR) is 92.6 cm³/mol. The van der Waals surface area contributed by atoms with Gasteiger partial charge in [0.2, 0.25) is 0 Å². The summed E-state index contributed by atoms with van der Waals surface area (Å²) >= 11 is 0. The fourth-order valence-corrected chi connectivity index (χ4v) is 7.32. The predicted octanol–water partition coefficient (Wildman–Crippen LogP) is 4.48. The van der Waals surface area contributed by atoms with Crippen molar-refractivity contribution < 1.29 is 18.7 Å². The third-order valence-corrected chi connectivity index (χ3v) is 8.63. The van der Waals surface area contributed by atoms with Gasteiger partial charge in [0.1, 0.15) is 18.1 Å². The Kier molecular flexibility index (Phi) is 4.05. The molecule has 140 valence electrons. The van der Waals surface area contributed by atoms with Crippen LogP contribution in [0.3, 0.4) is 0 Å². The molecule has 0 aromatic heterocycles. The lowest BCUT2D eigenvalue weighted by Crippen LogP contribution is -2.57. The number of alkyl halides is 1. The van der Waals surface area contributed by atoms with Gasteiger partial charge in [-0.1, -0.05) is 13.8 Å². The normalized spacial score (nSPS) is 52.1. The molecule has 0 radical (unpaired) electrons. The zero-order chi connectivity index (χ0) is 18.0. The van der Waals surface area contributed by atoms with Crippen molar-refractivity contribution in [3.8, 4) is 0 Å². The molecule has 4 rings (SSSR count). The first-order chi connectivity index (χ1) is 11.8. The van der Waals surface area contributed by atoms with Crippen LogP contribution in [-0.4, -0.2) is 24.0 Å². The molecule has 4 aliphatic rings. The maximum Gasteiger partial charge on any atom is 0.302 e. The Labute approximate surface area is 150 Å². The lowest BCUT2D eigenvalue weighted by Gasteiger charge is -2.60. The van der Waals surface area contributed by atoms with E-state index < -0.39 is 6.17 Å². The number of hydrogen-bond acceptors (Lipinski definition) is 3. The van der Waals surface area contributed by atoms with Gasteiger partial charge in [-0.3, -0.25) is 9.59 Å². The van der Waals surface area contributed by atoms with Crippen molar-refractivity contribution in [3.05, 3.63) is 0 Å². The number of hydrogen-bond donors (Lipinski definition) is 0. The van der Waals surface area contributed by atoms with Crippen LogP contribution in [0.2, 0.25) is 0 Å². The lowest BCUT2D eigenvalue weighted by atomic mass is 9.45. The molecule has 0 N–H and O–H groups in total. The van der Waals surface area contributed by atoms with Crippen LogP contribution >= 0.6 is 0 Å². The highest BCUT2D eigenvalue weighted by Crippen LogP contribution is 2.66. The second kappa shape index (κ2) is 5.79. The van der Waals surface area contributed by atoms with Gasteiger partial charge in [-0.15, -0.1) is 0 Å². The zero-order valence-corrected chi connectivity index (χ0v) is 15.7. The Morgan fingerprint density at radius 2 is 1.84 bits per heavy atom. The molecule has 0 saturated heterocycles. The summed E-state index contributed by atoms with van der Waals surface area (Å²) in [6.45, 7) is 5.86. The van der Waals surface area contributed by atoms with Crippen LogP contribution in [-0.2, 0) is 14.3 Å². The number of fused-ring (bicyclic) bond motifs is 5. The molecule has 4 saturated carbocycles. The molecule has 0 unspecified atom stereocenters. The maximum absolute atomic E-state index is 15.3. The third kappa shape index (κ3) is 2.49. The van der Waals surface area contributed by atoms with E-state index in [1.165, 1.54) is 6.92 Å². The van der Waals surface area contributed by atoms with Gasteiger partial charge < -0.3 is 4.74 Å². The van der Waals surface area contributed by atoms with E-state index in [-0.39, 0.29) is 28.8 Å². The topological polar surface area (TPSA) is 43.4 Å². The number of ether oxygens (including phenoxy) is 1. The molecular formula is C21H31FO3. The Bertz CT molecular complexity index is 590. The number of halogens is 1.